The van der Waals surface area contributed by atoms with Gasteiger partial charge in [-0.1, -0.05) is 0 Å². The second-order valence-electron chi connectivity index (χ2n) is 4.61. The maximum Gasteiger partial charge on any atom is 0.323 e. The molecule has 0 bridgehead atoms. The van der Waals surface area contributed by atoms with Gasteiger partial charge in [-0.15, -0.1) is 0 Å². The Bertz CT molecular complexity index is 836. The Labute approximate surface area is 124 Å². The molecule has 8 heteroatoms. The molecular weight excluding hydrogens is 288 g/mol. The highest BCUT2D eigenvalue weighted by Crippen LogP contribution is 2.37. The van der Waals surface area contributed by atoms with Gasteiger partial charge in [0.2, 0.25) is 0 Å². The first-order valence-electron chi connectivity index (χ1n) is 6.29. The van der Waals surface area contributed by atoms with E-state index in [4.69, 9.17) is 0 Å². The van der Waals surface area contributed by atoms with E-state index in [2.05, 4.69) is 20.8 Å². The molecule has 0 aliphatic carbocycles. The zero-order valence-corrected chi connectivity index (χ0v) is 11.2. The molecule has 0 aliphatic heterocycles. The number of H-pyrrole nitrogens is 1. The average molecular weight is 300 g/mol. The van der Waals surface area contributed by atoms with Crippen LogP contribution in [-0.2, 0) is 0 Å². The van der Waals surface area contributed by atoms with Crippen molar-refractivity contribution in [2.45, 2.75) is 0 Å². The van der Waals surface area contributed by atoms with E-state index in [1.165, 1.54) is 0 Å². The Morgan fingerprint density at radius 1 is 1.00 bits per heavy atom. The molecule has 1 heterocycles. The van der Waals surface area contributed by atoms with Gasteiger partial charge in [-0.3, -0.25) is 5.10 Å². The third kappa shape index (κ3) is 2.57. The van der Waals surface area contributed by atoms with Gasteiger partial charge in [0.25, 0.3) is 0 Å². The normalized spacial score (nSPS) is 10.5. The number of carbonyl (C=O) groups is 1. The quantitative estimate of drug-likeness (QED) is 0.319. The van der Waals surface area contributed by atoms with Crippen molar-refractivity contribution in [1.82, 2.24) is 10.2 Å². The van der Waals surface area contributed by atoms with Crippen molar-refractivity contribution in [1.29, 1.82) is 0 Å². The molecule has 112 valence electrons. The first kappa shape index (κ1) is 13.6. The molecule has 0 aliphatic rings. The highest BCUT2D eigenvalue weighted by molar-refractivity contribution is 6.01. The Kier molecular flexibility index (Phi) is 3.18. The van der Waals surface area contributed by atoms with E-state index in [-0.39, 0.29) is 5.69 Å². The molecule has 3 rings (SSSR count). The Hall–Kier alpha value is -3.42. The van der Waals surface area contributed by atoms with Crippen LogP contribution in [0.4, 0.5) is 16.2 Å². The summed E-state index contributed by atoms with van der Waals surface area (Å²) in [5, 5.41) is 40.6. The highest BCUT2D eigenvalue weighted by Gasteiger charge is 2.10. The smallest absolute Gasteiger partial charge is 0.323 e. The molecule has 0 atom stereocenters. The zero-order chi connectivity index (χ0) is 15.7. The molecule has 0 fully saturated rings. The number of hydrogen-bond donors (Lipinski definition) is 6. The molecule has 8 nitrogen and oxygen atoms in total. The topological polar surface area (TPSA) is 130 Å². The van der Waals surface area contributed by atoms with Gasteiger partial charge in [0, 0.05) is 23.2 Å². The van der Waals surface area contributed by atoms with Crippen molar-refractivity contribution in [2.75, 3.05) is 10.6 Å². The monoisotopic (exact) mass is 300 g/mol. The van der Waals surface area contributed by atoms with Crippen molar-refractivity contribution in [3.8, 4) is 17.2 Å². The number of aromatic amines is 1. The molecule has 0 saturated carbocycles. The summed E-state index contributed by atoms with van der Waals surface area (Å²) in [7, 11) is 0. The molecule has 6 N–H and O–H groups in total. The van der Waals surface area contributed by atoms with E-state index < -0.39 is 23.3 Å². The summed E-state index contributed by atoms with van der Waals surface area (Å²) in [4.78, 5) is 11.9. The molecule has 2 amide bonds. The standard InChI is InChI=1S/C14H12N4O4/c19-11-4-9(5-12(20)13(11)21)17-14(22)16-8-2-1-7-6-15-18-10(7)3-8/h1-6,19-21H,(H,15,18)(H2,16,17,22). The summed E-state index contributed by atoms with van der Waals surface area (Å²) in [6.07, 6.45) is 1.67. The van der Waals surface area contributed by atoms with Crippen LogP contribution in [0.15, 0.2) is 36.5 Å². The van der Waals surface area contributed by atoms with Crippen LogP contribution in [0.3, 0.4) is 0 Å². The largest absolute Gasteiger partial charge is 0.504 e. The number of anilines is 2. The van der Waals surface area contributed by atoms with Crippen molar-refractivity contribution in [3.63, 3.8) is 0 Å². The van der Waals surface area contributed by atoms with Crippen molar-refractivity contribution in [2.24, 2.45) is 0 Å². The van der Waals surface area contributed by atoms with Gasteiger partial charge < -0.3 is 26.0 Å². The number of carbonyl (C=O) groups excluding carboxylic acids is 1. The minimum atomic E-state index is -0.643. The number of hydrogen-bond acceptors (Lipinski definition) is 5. The number of nitrogens with zero attached hydrogens (tertiary/aromatic N) is 1. The lowest BCUT2D eigenvalue weighted by molar-refractivity contribution is 0.262. The number of phenolic OH excluding ortho intramolecular Hbond substituents is 3. The van der Waals surface area contributed by atoms with Gasteiger partial charge in [-0.2, -0.15) is 5.10 Å². The molecular formula is C14H12N4O4. The van der Waals surface area contributed by atoms with Crippen LogP contribution in [0.5, 0.6) is 17.2 Å². The minimum Gasteiger partial charge on any atom is -0.504 e. The fourth-order valence-electron chi connectivity index (χ4n) is 1.98. The van der Waals surface area contributed by atoms with Gasteiger partial charge in [0.15, 0.2) is 17.2 Å². The summed E-state index contributed by atoms with van der Waals surface area (Å²) in [5.74, 6) is -1.71. The van der Waals surface area contributed by atoms with E-state index in [1.807, 2.05) is 0 Å². The lowest BCUT2D eigenvalue weighted by Gasteiger charge is -2.09. The zero-order valence-electron chi connectivity index (χ0n) is 11.2. The first-order chi connectivity index (χ1) is 10.5. The molecule has 2 aromatic carbocycles. The molecule has 3 aromatic rings. The Balaban J connectivity index is 1.74. The molecule has 22 heavy (non-hydrogen) atoms. The third-order valence-corrected chi connectivity index (χ3v) is 3.03. The first-order valence-corrected chi connectivity index (χ1v) is 6.29. The number of rotatable bonds is 2. The summed E-state index contributed by atoms with van der Waals surface area (Å²) in [5.41, 5.74) is 1.45. The molecule has 0 radical (unpaired) electrons. The number of nitrogens with one attached hydrogen (secondary N) is 3. The fraction of sp³-hybridized carbons (Fsp3) is 0. The van der Waals surface area contributed by atoms with E-state index >= 15 is 0 Å². The van der Waals surface area contributed by atoms with E-state index in [1.54, 1.807) is 24.4 Å². The minimum absolute atomic E-state index is 0.132. The van der Waals surface area contributed by atoms with Crippen LogP contribution in [0.25, 0.3) is 10.9 Å². The molecule has 0 saturated heterocycles. The summed E-state index contributed by atoms with van der Waals surface area (Å²) >= 11 is 0. The number of amides is 2. The predicted molar refractivity (Wildman–Crippen MR) is 80.2 cm³/mol. The maximum absolute atomic E-state index is 11.9. The van der Waals surface area contributed by atoms with Crippen LogP contribution < -0.4 is 10.6 Å². The van der Waals surface area contributed by atoms with Crippen LogP contribution in [0.1, 0.15) is 0 Å². The lowest BCUT2D eigenvalue weighted by atomic mass is 10.2. The van der Waals surface area contributed by atoms with Crippen LogP contribution in [-0.4, -0.2) is 31.5 Å². The number of benzene rings is 2. The highest BCUT2D eigenvalue weighted by atomic mass is 16.3. The number of phenols is 3. The SMILES string of the molecule is O=C(Nc1cc(O)c(O)c(O)c1)Nc1ccc2cn[nH]c2c1. The van der Waals surface area contributed by atoms with Gasteiger partial charge in [-0.25, -0.2) is 4.79 Å². The van der Waals surface area contributed by atoms with E-state index in [0.29, 0.717) is 5.69 Å². The third-order valence-electron chi connectivity index (χ3n) is 3.03. The summed E-state index contributed by atoms with van der Waals surface area (Å²) in [6, 6.07) is 6.89. The van der Waals surface area contributed by atoms with Crippen LogP contribution >= 0.6 is 0 Å². The number of fused-ring (bicyclic) bond motifs is 1. The molecule has 1 aromatic heterocycles. The number of aromatic hydroxyl groups is 3. The molecule has 0 spiro atoms. The maximum atomic E-state index is 11.9. The number of urea groups is 1. The van der Waals surface area contributed by atoms with Crippen molar-refractivity contribution in [3.05, 3.63) is 36.5 Å². The van der Waals surface area contributed by atoms with Crippen LogP contribution in [0.2, 0.25) is 0 Å². The van der Waals surface area contributed by atoms with Crippen molar-refractivity contribution < 1.29 is 20.1 Å². The second kappa shape index (κ2) is 5.17. The van der Waals surface area contributed by atoms with Crippen molar-refractivity contribution >= 4 is 28.3 Å². The fourth-order valence-corrected chi connectivity index (χ4v) is 1.98. The van der Waals surface area contributed by atoms with Crippen LogP contribution in [0, 0.1) is 0 Å². The lowest BCUT2D eigenvalue weighted by Crippen LogP contribution is -2.19. The molecule has 0 unspecified atom stereocenters. The number of aromatic nitrogens is 2. The van der Waals surface area contributed by atoms with E-state index in [9.17, 15) is 20.1 Å². The average Bonchev–Trinajstić information content (AvgIpc) is 2.92. The Morgan fingerprint density at radius 2 is 1.68 bits per heavy atom. The summed E-state index contributed by atoms with van der Waals surface area (Å²) in [6.45, 7) is 0. The predicted octanol–water partition coefficient (Wildman–Crippen LogP) is 2.32. The van der Waals surface area contributed by atoms with Gasteiger partial charge >= 0.3 is 6.03 Å². The second-order valence-corrected chi connectivity index (χ2v) is 4.61. The van der Waals surface area contributed by atoms with Gasteiger partial charge in [-0.05, 0) is 18.2 Å². The van der Waals surface area contributed by atoms with E-state index in [0.717, 1.165) is 23.0 Å². The Morgan fingerprint density at radius 3 is 2.41 bits per heavy atom. The van der Waals surface area contributed by atoms with Gasteiger partial charge in [0.05, 0.1) is 17.4 Å². The summed E-state index contributed by atoms with van der Waals surface area (Å²) < 4.78 is 0. The van der Waals surface area contributed by atoms with Gasteiger partial charge in [0.1, 0.15) is 0 Å².